The molecule has 0 bridgehead atoms. The van der Waals surface area contributed by atoms with Crippen LogP contribution in [0.4, 0.5) is 5.69 Å². The molecule has 0 aromatic heterocycles. The lowest BCUT2D eigenvalue weighted by molar-refractivity contribution is -0.118. The number of halogens is 1. The molecule has 0 radical (unpaired) electrons. The van der Waals surface area contributed by atoms with Crippen molar-refractivity contribution in [2.75, 3.05) is 12.1 Å². The minimum atomic E-state index is -0.718. The van der Waals surface area contributed by atoms with Gasteiger partial charge in [-0.3, -0.25) is 9.59 Å². The fourth-order valence-electron chi connectivity index (χ4n) is 2.59. The molecule has 2 N–H and O–H groups in total. The maximum Gasteiger partial charge on any atom is 0.253 e. The highest BCUT2D eigenvalue weighted by Gasteiger charge is 2.26. The lowest BCUT2D eigenvalue weighted by Gasteiger charge is -2.22. The number of carbonyl (C=O) groups is 2. The molecule has 2 aromatic rings. The highest BCUT2D eigenvalue weighted by molar-refractivity contribution is 6.33. The monoisotopic (exact) mass is 374 g/mol. The minimum absolute atomic E-state index is 0.115. The van der Waals surface area contributed by atoms with Crippen molar-refractivity contribution in [2.45, 2.75) is 19.9 Å². The van der Waals surface area contributed by atoms with Crippen molar-refractivity contribution < 1.29 is 19.1 Å². The zero-order valence-electron chi connectivity index (χ0n) is 14.4. The Morgan fingerprint density at radius 2 is 1.81 bits per heavy atom. The smallest absolute Gasteiger partial charge is 0.253 e. The summed E-state index contributed by atoms with van der Waals surface area (Å²) in [5.74, 6) is 0.379. The van der Waals surface area contributed by atoms with Gasteiger partial charge in [-0.05, 0) is 30.2 Å². The minimum Gasteiger partial charge on any atom is -0.454 e. The van der Waals surface area contributed by atoms with Gasteiger partial charge in [0, 0.05) is 11.8 Å². The summed E-state index contributed by atoms with van der Waals surface area (Å²) < 4.78 is 10.6. The molecule has 1 aliphatic heterocycles. The lowest BCUT2D eigenvalue weighted by atomic mass is 10.0. The molecule has 26 heavy (non-hydrogen) atoms. The summed E-state index contributed by atoms with van der Waals surface area (Å²) in [5, 5.41) is 5.89. The summed E-state index contributed by atoms with van der Waals surface area (Å²) in [6, 6.07) is 11.1. The van der Waals surface area contributed by atoms with Crippen molar-refractivity contribution in [3.63, 3.8) is 0 Å². The topological polar surface area (TPSA) is 76.7 Å². The maximum absolute atomic E-state index is 12.7. The Hall–Kier alpha value is -2.73. The number of hydrogen-bond acceptors (Lipinski definition) is 4. The summed E-state index contributed by atoms with van der Waals surface area (Å²) in [4.78, 5) is 25.2. The Morgan fingerprint density at radius 3 is 2.54 bits per heavy atom. The summed E-state index contributed by atoms with van der Waals surface area (Å²) in [7, 11) is 0. The second kappa shape index (κ2) is 7.66. The molecule has 3 rings (SSSR count). The molecule has 2 amide bonds. The molecule has 1 aliphatic rings. The molecule has 2 aromatic carbocycles. The summed E-state index contributed by atoms with van der Waals surface area (Å²) in [6.45, 7) is 3.88. The number of fused-ring (bicyclic) bond motifs is 1. The maximum atomic E-state index is 12.7. The molecule has 0 saturated heterocycles. The van der Waals surface area contributed by atoms with Crippen molar-refractivity contribution in [3.8, 4) is 11.5 Å². The highest BCUT2D eigenvalue weighted by atomic mass is 35.5. The Labute approximate surface area is 156 Å². The third kappa shape index (κ3) is 3.91. The van der Waals surface area contributed by atoms with E-state index in [-0.39, 0.29) is 18.6 Å². The van der Waals surface area contributed by atoms with Crippen LogP contribution in [0, 0.1) is 5.92 Å². The fourth-order valence-corrected chi connectivity index (χ4v) is 2.82. The number of ether oxygens (including phenoxy) is 2. The zero-order chi connectivity index (χ0) is 18.7. The van der Waals surface area contributed by atoms with Gasteiger partial charge >= 0.3 is 0 Å². The number of rotatable bonds is 5. The van der Waals surface area contributed by atoms with Gasteiger partial charge in [-0.15, -0.1) is 0 Å². The van der Waals surface area contributed by atoms with E-state index < -0.39 is 11.9 Å². The van der Waals surface area contributed by atoms with Crippen LogP contribution in [0.15, 0.2) is 42.5 Å². The van der Waals surface area contributed by atoms with E-state index in [1.807, 2.05) is 13.8 Å². The number of benzene rings is 2. The first kappa shape index (κ1) is 18.1. The standard InChI is InChI=1S/C19H19ClN2O4/c1-11(2)17(22-18(23)13-5-3-4-6-14(13)20)19(24)21-12-7-8-15-16(9-12)26-10-25-15/h3-9,11,17H,10H2,1-2H3,(H,21,24)(H,22,23)/t17-/m0/s1. The average Bonchev–Trinajstić information content (AvgIpc) is 3.07. The van der Waals surface area contributed by atoms with Gasteiger partial charge in [0.25, 0.3) is 5.91 Å². The van der Waals surface area contributed by atoms with Crippen molar-refractivity contribution in [3.05, 3.63) is 53.1 Å². The second-order valence-corrected chi connectivity index (χ2v) is 6.64. The van der Waals surface area contributed by atoms with E-state index in [1.54, 1.807) is 42.5 Å². The lowest BCUT2D eigenvalue weighted by Crippen LogP contribution is -2.47. The van der Waals surface area contributed by atoms with Crippen molar-refractivity contribution in [1.29, 1.82) is 0 Å². The Morgan fingerprint density at radius 1 is 1.08 bits per heavy atom. The van der Waals surface area contributed by atoms with Gasteiger partial charge < -0.3 is 20.1 Å². The van der Waals surface area contributed by atoms with Crippen LogP contribution in [-0.2, 0) is 4.79 Å². The van der Waals surface area contributed by atoms with Crippen LogP contribution in [0.1, 0.15) is 24.2 Å². The number of amides is 2. The largest absolute Gasteiger partial charge is 0.454 e. The van der Waals surface area contributed by atoms with E-state index in [1.165, 1.54) is 0 Å². The normalized spacial score (nSPS) is 13.4. The van der Waals surface area contributed by atoms with Crippen LogP contribution in [0.3, 0.4) is 0 Å². The molecule has 0 spiro atoms. The predicted octanol–water partition coefficient (Wildman–Crippen LogP) is 3.46. The first-order valence-electron chi connectivity index (χ1n) is 8.21. The highest BCUT2D eigenvalue weighted by Crippen LogP contribution is 2.34. The summed E-state index contributed by atoms with van der Waals surface area (Å²) in [5.41, 5.74) is 0.896. The van der Waals surface area contributed by atoms with Crippen molar-refractivity contribution >= 4 is 29.1 Å². The van der Waals surface area contributed by atoms with Gasteiger partial charge in [-0.1, -0.05) is 37.6 Å². The van der Waals surface area contributed by atoms with Gasteiger partial charge in [-0.25, -0.2) is 0 Å². The number of nitrogens with one attached hydrogen (secondary N) is 2. The van der Waals surface area contributed by atoms with Gasteiger partial charge in [0.1, 0.15) is 6.04 Å². The molecule has 0 fully saturated rings. The van der Waals surface area contributed by atoms with Gasteiger partial charge in [-0.2, -0.15) is 0 Å². The van der Waals surface area contributed by atoms with E-state index in [9.17, 15) is 9.59 Å². The Kier molecular flexibility index (Phi) is 5.32. The second-order valence-electron chi connectivity index (χ2n) is 6.23. The molecule has 6 nitrogen and oxygen atoms in total. The van der Waals surface area contributed by atoms with Crippen LogP contribution < -0.4 is 20.1 Å². The van der Waals surface area contributed by atoms with Crippen LogP contribution in [-0.4, -0.2) is 24.6 Å². The van der Waals surface area contributed by atoms with Crippen LogP contribution in [0.25, 0.3) is 0 Å². The average molecular weight is 375 g/mol. The predicted molar refractivity (Wildman–Crippen MR) is 98.7 cm³/mol. The van der Waals surface area contributed by atoms with Gasteiger partial charge in [0.05, 0.1) is 10.6 Å². The van der Waals surface area contributed by atoms with Crippen LogP contribution in [0.2, 0.25) is 5.02 Å². The van der Waals surface area contributed by atoms with E-state index >= 15 is 0 Å². The first-order chi connectivity index (χ1) is 12.5. The quantitative estimate of drug-likeness (QED) is 0.840. The first-order valence-corrected chi connectivity index (χ1v) is 8.59. The molecule has 0 unspecified atom stereocenters. The Bertz CT molecular complexity index is 838. The van der Waals surface area contributed by atoms with E-state index in [4.69, 9.17) is 21.1 Å². The van der Waals surface area contributed by atoms with E-state index in [0.29, 0.717) is 27.8 Å². The van der Waals surface area contributed by atoms with Crippen molar-refractivity contribution in [1.82, 2.24) is 5.32 Å². The molecule has 1 atom stereocenters. The number of hydrogen-bond donors (Lipinski definition) is 2. The van der Waals surface area contributed by atoms with Gasteiger partial charge in [0.2, 0.25) is 12.7 Å². The summed E-state index contributed by atoms with van der Waals surface area (Å²) >= 11 is 6.06. The molecule has 0 aliphatic carbocycles. The third-order valence-corrected chi connectivity index (χ3v) is 4.32. The molecular weight excluding hydrogens is 356 g/mol. The van der Waals surface area contributed by atoms with Gasteiger partial charge in [0.15, 0.2) is 11.5 Å². The summed E-state index contributed by atoms with van der Waals surface area (Å²) in [6.07, 6.45) is 0. The van der Waals surface area contributed by atoms with E-state index in [2.05, 4.69) is 10.6 Å². The molecule has 7 heteroatoms. The molecule has 0 saturated carbocycles. The zero-order valence-corrected chi connectivity index (χ0v) is 15.2. The SMILES string of the molecule is CC(C)[C@H](NC(=O)c1ccccc1Cl)C(=O)Nc1ccc2c(c1)OCO2. The molecular formula is C19H19ClN2O4. The van der Waals surface area contributed by atoms with Crippen LogP contribution >= 0.6 is 11.6 Å². The Balaban J connectivity index is 1.72. The molecule has 136 valence electrons. The number of carbonyl (C=O) groups excluding carboxylic acids is 2. The number of anilines is 1. The third-order valence-electron chi connectivity index (χ3n) is 3.99. The molecule has 1 heterocycles. The van der Waals surface area contributed by atoms with Crippen LogP contribution in [0.5, 0.6) is 11.5 Å². The fraction of sp³-hybridized carbons (Fsp3) is 0.263. The van der Waals surface area contributed by atoms with E-state index in [0.717, 1.165) is 0 Å². The van der Waals surface area contributed by atoms with Crippen molar-refractivity contribution in [2.24, 2.45) is 5.92 Å².